The van der Waals surface area contributed by atoms with Crippen molar-refractivity contribution in [2.45, 2.75) is 52.6 Å². The second-order valence-corrected chi connectivity index (χ2v) is 5.45. The fourth-order valence-electron chi connectivity index (χ4n) is 2.58. The third-order valence-corrected chi connectivity index (χ3v) is 3.93. The van der Waals surface area contributed by atoms with Crippen molar-refractivity contribution in [1.82, 2.24) is 0 Å². The SMILES string of the molecule is CC1CCC(C)C(O)(C(C)(C)C#N)C1. The van der Waals surface area contributed by atoms with Gasteiger partial charge in [0.25, 0.3) is 0 Å². The van der Waals surface area contributed by atoms with Crippen LogP contribution in [0.4, 0.5) is 0 Å². The number of aliphatic hydroxyl groups is 1. The van der Waals surface area contributed by atoms with Crippen LogP contribution in [0.3, 0.4) is 0 Å². The average Bonchev–Trinajstić information content (AvgIpc) is 2.11. The van der Waals surface area contributed by atoms with Crippen LogP contribution >= 0.6 is 0 Å². The Labute approximate surface area is 86.9 Å². The molecular formula is C12H21NO. The molecule has 0 saturated heterocycles. The molecule has 1 aliphatic rings. The van der Waals surface area contributed by atoms with Crippen molar-refractivity contribution in [1.29, 1.82) is 5.26 Å². The largest absolute Gasteiger partial charge is 0.388 e. The summed E-state index contributed by atoms with van der Waals surface area (Å²) >= 11 is 0. The van der Waals surface area contributed by atoms with E-state index in [0.717, 1.165) is 12.8 Å². The molecule has 0 aromatic heterocycles. The van der Waals surface area contributed by atoms with Crippen molar-refractivity contribution in [3.05, 3.63) is 0 Å². The Balaban J connectivity index is 2.96. The first-order valence-corrected chi connectivity index (χ1v) is 5.47. The molecule has 2 nitrogen and oxygen atoms in total. The second-order valence-electron chi connectivity index (χ2n) is 5.45. The normalized spacial score (nSPS) is 39.1. The summed E-state index contributed by atoms with van der Waals surface area (Å²) in [6.45, 7) is 7.92. The third-order valence-electron chi connectivity index (χ3n) is 3.93. The molecule has 3 atom stereocenters. The highest BCUT2D eigenvalue weighted by atomic mass is 16.3. The van der Waals surface area contributed by atoms with E-state index < -0.39 is 11.0 Å². The van der Waals surface area contributed by atoms with Gasteiger partial charge in [0.2, 0.25) is 0 Å². The predicted molar refractivity (Wildman–Crippen MR) is 56.5 cm³/mol. The van der Waals surface area contributed by atoms with E-state index in [4.69, 9.17) is 5.26 Å². The molecule has 0 heterocycles. The van der Waals surface area contributed by atoms with Gasteiger partial charge in [0.15, 0.2) is 0 Å². The molecule has 1 fully saturated rings. The molecule has 0 spiro atoms. The van der Waals surface area contributed by atoms with E-state index in [1.54, 1.807) is 0 Å². The average molecular weight is 195 g/mol. The summed E-state index contributed by atoms with van der Waals surface area (Å²) in [5.41, 5.74) is -1.44. The Kier molecular flexibility index (Phi) is 2.92. The van der Waals surface area contributed by atoms with Crippen LogP contribution in [0, 0.1) is 28.6 Å². The maximum absolute atomic E-state index is 10.6. The lowest BCUT2D eigenvalue weighted by molar-refractivity contribution is -0.118. The highest BCUT2D eigenvalue weighted by molar-refractivity contribution is 5.10. The van der Waals surface area contributed by atoms with E-state index in [-0.39, 0.29) is 5.92 Å². The van der Waals surface area contributed by atoms with E-state index in [0.29, 0.717) is 5.92 Å². The van der Waals surface area contributed by atoms with Gasteiger partial charge in [-0.2, -0.15) is 5.26 Å². The Bertz CT molecular complexity index is 254. The smallest absolute Gasteiger partial charge is 0.0855 e. The van der Waals surface area contributed by atoms with Gasteiger partial charge in [-0.15, -0.1) is 0 Å². The van der Waals surface area contributed by atoms with Gasteiger partial charge in [-0.25, -0.2) is 0 Å². The maximum Gasteiger partial charge on any atom is 0.0855 e. The van der Waals surface area contributed by atoms with E-state index in [1.807, 2.05) is 13.8 Å². The van der Waals surface area contributed by atoms with Crippen molar-refractivity contribution in [2.75, 3.05) is 0 Å². The molecule has 0 radical (unpaired) electrons. The molecule has 0 amide bonds. The minimum Gasteiger partial charge on any atom is -0.388 e. The van der Waals surface area contributed by atoms with Gasteiger partial charge in [-0.1, -0.05) is 20.3 Å². The van der Waals surface area contributed by atoms with Gasteiger partial charge < -0.3 is 5.11 Å². The molecule has 1 aliphatic carbocycles. The molecular weight excluding hydrogens is 174 g/mol. The van der Waals surface area contributed by atoms with E-state index in [2.05, 4.69) is 19.9 Å². The van der Waals surface area contributed by atoms with Crippen molar-refractivity contribution < 1.29 is 5.11 Å². The molecule has 1 rings (SSSR count). The standard InChI is InChI=1S/C12H21NO/c1-9-5-6-10(2)12(14,7-9)11(3,4)8-13/h9-10,14H,5-7H2,1-4H3. The van der Waals surface area contributed by atoms with E-state index in [1.165, 1.54) is 6.42 Å². The second kappa shape index (κ2) is 3.55. The first-order valence-electron chi connectivity index (χ1n) is 5.47. The number of nitrogens with zero attached hydrogens (tertiary/aromatic N) is 1. The summed E-state index contributed by atoms with van der Waals surface area (Å²) < 4.78 is 0. The van der Waals surface area contributed by atoms with Gasteiger partial charge in [0, 0.05) is 0 Å². The summed E-state index contributed by atoms with van der Waals surface area (Å²) in [6, 6.07) is 2.25. The number of rotatable bonds is 1. The van der Waals surface area contributed by atoms with Gasteiger partial charge in [-0.3, -0.25) is 0 Å². The lowest BCUT2D eigenvalue weighted by Crippen LogP contribution is -2.52. The van der Waals surface area contributed by atoms with Crippen LogP contribution in [-0.4, -0.2) is 10.7 Å². The lowest BCUT2D eigenvalue weighted by atomic mass is 9.60. The monoisotopic (exact) mass is 195 g/mol. The third kappa shape index (κ3) is 1.66. The van der Waals surface area contributed by atoms with E-state index >= 15 is 0 Å². The lowest BCUT2D eigenvalue weighted by Gasteiger charge is -2.47. The fourth-order valence-corrected chi connectivity index (χ4v) is 2.58. The van der Waals surface area contributed by atoms with Crippen molar-refractivity contribution >= 4 is 0 Å². The number of nitriles is 1. The quantitative estimate of drug-likeness (QED) is 0.699. The minimum absolute atomic E-state index is 0.230. The Morgan fingerprint density at radius 3 is 2.43 bits per heavy atom. The van der Waals surface area contributed by atoms with E-state index in [9.17, 15) is 5.11 Å². The highest BCUT2D eigenvalue weighted by Crippen LogP contribution is 2.47. The van der Waals surface area contributed by atoms with Crippen LogP contribution in [0.5, 0.6) is 0 Å². The Hall–Kier alpha value is -0.550. The summed E-state index contributed by atoms with van der Waals surface area (Å²) in [6.07, 6.45) is 2.96. The van der Waals surface area contributed by atoms with Crippen LogP contribution in [0.2, 0.25) is 0 Å². The fraction of sp³-hybridized carbons (Fsp3) is 0.917. The summed E-state index contributed by atoms with van der Waals surface area (Å²) in [5, 5.41) is 19.7. The highest BCUT2D eigenvalue weighted by Gasteiger charge is 2.50. The van der Waals surface area contributed by atoms with Crippen molar-refractivity contribution in [2.24, 2.45) is 17.3 Å². The Morgan fingerprint density at radius 1 is 1.36 bits per heavy atom. The summed E-state index contributed by atoms with van der Waals surface area (Å²) in [4.78, 5) is 0. The molecule has 0 aromatic rings. The predicted octanol–water partition coefficient (Wildman–Crippen LogP) is 2.72. The first-order chi connectivity index (χ1) is 6.33. The van der Waals surface area contributed by atoms with Crippen LogP contribution in [0.25, 0.3) is 0 Å². The zero-order chi connectivity index (χ0) is 11.0. The molecule has 80 valence electrons. The molecule has 0 bridgehead atoms. The molecule has 14 heavy (non-hydrogen) atoms. The number of hydrogen-bond donors (Lipinski definition) is 1. The van der Waals surface area contributed by atoms with Crippen molar-refractivity contribution in [3.63, 3.8) is 0 Å². The van der Waals surface area contributed by atoms with Gasteiger partial charge in [0.05, 0.1) is 17.1 Å². The molecule has 0 aromatic carbocycles. The topological polar surface area (TPSA) is 44.0 Å². The molecule has 2 heteroatoms. The van der Waals surface area contributed by atoms with Crippen LogP contribution in [0.15, 0.2) is 0 Å². The van der Waals surface area contributed by atoms with Gasteiger partial charge in [-0.05, 0) is 38.5 Å². The van der Waals surface area contributed by atoms with Crippen LogP contribution in [-0.2, 0) is 0 Å². The molecule has 1 N–H and O–H groups in total. The van der Waals surface area contributed by atoms with Gasteiger partial charge in [0.1, 0.15) is 0 Å². The zero-order valence-electron chi connectivity index (χ0n) is 9.67. The summed E-state index contributed by atoms with van der Waals surface area (Å²) in [5.74, 6) is 0.761. The van der Waals surface area contributed by atoms with Crippen LogP contribution < -0.4 is 0 Å². The minimum atomic E-state index is -0.806. The number of hydrogen-bond acceptors (Lipinski definition) is 2. The zero-order valence-corrected chi connectivity index (χ0v) is 9.67. The molecule has 0 aliphatic heterocycles. The Morgan fingerprint density at radius 2 is 1.93 bits per heavy atom. The maximum atomic E-state index is 10.6. The molecule has 1 saturated carbocycles. The summed E-state index contributed by atoms with van der Waals surface area (Å²) in [7, 11) is 0. The van der Waals surface area contributed by atoms with Gasteiger partial charge >= 0.3 is 0 Å². The van der Waals surface area contributed by atoms with Crippen LogP contribution in [0.1, 0.15) is 47.0 Å². The first kappa shape index (κ1) is 11.5. The molecule has 3 unspecified atom stereocenters. The van der Waals surface area contributed by atoms with Crippen molar-refractivity contribution in [3.8, 4) is 6.07 Å².